The molecule has 0 atom stereocenters. The number of pyridine rings is 1. The van der Waals surface area contributed by atoms with Crippen LogP contribution in [-0.2, 0) is 0 Å². The largest absolute Gasteiger partial charge is 0.353 e. The second kappa shape index (κ2) is 5.38. The van der Waals surface area contributed by atoms with Crippen LogP contribution < -0.4 is 5.56 Å². The Morgan fingerprint density at radius 2 is 1.77 bits per heavy atom. The number of nitrogens with zero attached hydrogens (tertiary/aromatic N) is 3. The first-order valence-corrected chi connectivity index (χ1v) is 8.20. The van der Waals surface area contributed by atoms with Crippen molar-refractivity contribution in [2.75, 3.05) is 0 Å². The molecule has 0 saturated carbocycles. The van der Waals surface area contributed by atoms with Crippen LogP contribution in [0.2, 0.25) is 0 Å². The van der Waals surface area contributed by atoms with Crippen molar-refractivity contribution in [1.29, 1.82) is 0 Å². The van der Waals surface area contributed by atoms with Crippen LogP contribution in [0, 0.1) is 6.92 Å². The monoisotopic (exact) mass is 342 g/mol. The van der Waals surface area contributed by atoms with Gasteiger partial charge in [0.1, 0.15) is 0 Å². The predicted octanol–water partition coefficient (Wildman–Crippen LogP) is 3.16. The Morgan fingerprint density at radius 3 is 2.62 bits per heavy atom. The molecule has 0 bridgehead atoms. The topological polar surface area (TPSA) is 103 Å². The van der Waals surface area contributed by atoms with E-state index in [2.05, 4.69) is 30.6 Å². The molecule has 0 aliphatic rings. The van der Waals surface area contributed by atoms with E-state index in [9.17, 15) is 4.79 Å². The number of hydrogen-bond donors (Lipinski definition) is 3. The van der Waals surface area contributed by atoms with Crippen molar-refractivity contribution in [3.63, 3.8) is 0 Å². The van der Waals surface area contributed by atoms with Crippen LogP contribution in [-0.4, -0.2) is 30.6 Å². The lowest BCUT2D eigenvalue weighted by Gasteiger charge is -2.08. The van der Waals surface area contributed by atoms with Gasteiger partial charge in [0.15, 0.2) is 5.82 Å². The number of hydrogen-bond acceptors (Lipinski definition) is 4. The fourth-order valence-electron chi connectivity index (χ4n) is 3.43. The summed E-state index contributed by atoms with van der Waals surface area (Å²) in [5.41, 5.74) is 5.96. The Labute approximate surface area is 147 Å². The predicted molar refractivity (Wildman–Crippen MR) is 99.8 cm³/mol. The Balaban J connectivity index is 1.86. The van der Waals surface area contributed by atoms with Gasteiger partial charge in [0.05, 0.1) is 11.0 Å². The first-order chi connectivity index (χ1) is 12.7. The molecule has 5 rings (SSSR count). The SMILES string of the molecule is Cc1c(-c2cccc(-c3nnn[nH]3)c2)c2[nH]c3ccccc3c2[nH]c1=O. The fourth-order valence-corrected chi connectivity index (χ4v) is 3.43. The Kier molecular flexibility index (Phi) is 3.02. The molecule has 0 aliphatic carbocycles. The summed E-state index contributed by atoms with van der Waals surface area (Å²) in [5, 5.41) is 15.0. The molecular weight excluding hydrogens is 328 g/mol. The lowest BCUT2D eigenvalue weighted by Crippen LogP contribution is -2.10. The fraction of sp³-hybridized carbons (Fsp3) is 0.0526. The van der Waals surface area contributed by atoms with Crippen LogP contribution in [0.5, 0.6) is 0 Å². The highest BCUT2D eigenvalue weighted by Crippen LogP contribution is 2.33. The maximum atomic E-state index is 12.6. The maximum absolute atomic E-state index is 12.6. The summed E-state index contributed by atoms with van der Waals surface area (Å²) >= 11 is 0. The minimum absolute atomic E-state index is 0.0935. The van der Waals surface area contributed by atoms with E-state index in [4.69, 9.17) is 0 Å². The van der Waals surface area contributed by atoms with Gasteiger partial charge in [-0.1, -0.05) is 36.4 Å². The summed E-state index contributed by atoms with van der Waals surface area (Å²) in [6.45, 7) is 1.84. The van der Waals surface area contributed by atoms with Crippen molar-refractivity contribution in [2.24, 2.45) is 0 Å². The van der Waals surface area contributed by atoms with Crippen LogP contribution in [0.15, 0.2) is 53.3 Å². The third-order valence-electron chi connectivity index (χ3n) is 4.68. The molecular formula is C19H14N6O. The zero-order chi connectivity index (χ0) is 17.7. The van der Waals surface area contributed by atoms with Gasteiger partial charge in [-0.2, -0.15) is 0 Å². The molecule has 3 N–H and O–H groups in total. The van der Waals surface area contributed by atoms with E-state index in [-0.39, 0.29) is 5.56 Å². The lowest BCUT2D eigenvalue weighted by atomic mass is 9.98. The summed E-state index contributed by atoms with van der Waals surface area (Å²) in [4.78, 5) is 19.0. The van der Waals surface area contributed by atoms with E-state index in [0.717, 1.165) is 38.6 Å². The van der Waals surface area contributed by atoms with Crippen LogP contribution in [0.1, 0.15) is 5.56 Å². The lowest BCUT2D eigenvalue weighted by molar-refractivity contribution is 0.881. The number of rotatable bonds is 2. The van der Waals surface area contributed by atoms with Gasteiger partial charge in [0, 0.05) is 27.6 Å². The summed E-state index contributed by atoms with van der Waals surface area (Å²) in [5.74, 6) is 0.585. The minimum Gasteiger partial charge on any atom is -0.353 e. The molecule has 0 fully saturated rings. The number of para-hydroxylation sites is 1. The van der Waals surface area contributed by atoms with Gasteiger partial charge in [-0.15, -0.1) is 5.10 Å². The molecule has 0 aliphatic heterocycles. The Morgan fingerprint density at radius 1 is 0.923 bits per heavy atom. The molecule has 0 radical (unpaired) electrons. The second-order valence-corrected chi connectivity index (χ2v) is 6.21. The van der Waals surface area contributed by atoms with Crippen molar-refractivity contribution in [1.82, 2.24) is 30.6 Å². The quantitative estimate of drug-likeness (QED) is 0.458. The van der Waals surface area contributed by atoms with E-state index in [1.54, 1.807) is 0 Å². The third kappa shape index (κ3) is 2.07. The van der Waals surface area contributed by atoms with Crippen LogP contribution >= 0.6 is 0 Å². The Hall–Kier alpha value is -3.74. The average molecular weight is 342 g/mol. The van der Waals surface area contributed by atoms with Crippen molar-refractivity contribution >= 4 is 21.9 Å². The second-order valence-electron chi connectivity index (χ2n) is 6.21. The molecule has 3 heterocycles. The summed E-state index contributed by atoms with van der Waals surface area (Å²) in [6, 6.07) is 15.8. The molecule has 7 nitrogen and oxygen atoms in total. The summed E-state index contributed by atoms with van der Waals surface area (Å²) in [6.07, 6.45) is 0. The van der Waals surface area contributed by atoms with E-state index in [0.29, 0.717) is 11.4 Å². The number of benzene rings is 2. The summed E-state index contributed by atoms with van der Waals surface area (Å²) < 4.78 is 0. The standard InChI is InChI=1S/C19H14N6O/c1-10-15(11-5-4-6-12(9-11)18-22-24-25-23-18)17-16(21-19(10)26)13-7-2-3-8-14(13)20-17/h2-9,20H,1H3,(H,21,26)(H,22,23,24,25). The molecule has 2 aromatic carbocycles. The van der Waals surface area contributed by atoms with Crippen molar-refractivity contribution in [2.45, 2.75) is 6.92 Å². The molecule has 3 aromatic heterocycles. The van der Waals surface area contributed by atoms with Gasteiger partial charge in [-0.3, -0.25) is 4.79 Å². The molecule has 7 heteroatoms. The van der Waals surface area contributed by atoms with Gasteiger partial charge < -0.3 is 9.97 Å². The number of tetrazole rings is 1. The van der Waals surface area contributed by atoms with E-state index in [1.165, 1.54) is 0 Å². The van der Waals surface area contributed by atoms with Crippen molar-refractivity contribution in [3.05, 3.63) is 64.4 Å². The van der Waals surface area contributed by atoms with Gasteiger partial charge in [-0.05, 0) is 35.0 Å². The number of nitrogens with one attached hydrogen (secondary N) is 3. The van der Waals surface area contributed by atoms with E-state index < -0.39 is 0 Å². The highest BCUT2D eigenvalue weighted by molar-refractivity contribution is 6.10. The first-order valence-electron chi connectivity index (χ1n) is 8.20. The molecule has 126 valence electrons. The van der Waals surface area contributed by atoms with E-state index >= 15 is 0 Å². The van der Waals surface area contributed by atoms with Gasteiger partial charge in [0.25, 0.3) is 5.56 Å². The van der Waals surface area contributed by atoms with Gasteiger partial charge >= 0.3 is 0 Å². The number of H-pyrrole nitrogens is 3. The highest BCUT2D eigenvalue weighted by atomic mass is 16.1. The van der Waals surface area contributed by atoms with Gasteiger partial charge in [-0.25, -0.2) is 5.10 Å². The molecule has 26 heavy (non-hydrogen) atoms. The highest BCUT2D eigenvalue weighted by Gasteiger charge is 2.16. The molecule has 0 spiro atoms. The molecule has 5 aromatic rings. The number of fused-ring (bicyclic) bond motifs is 3. The third-order valence-corrected chi connectivity index (χ3v) is 4.68. The zero-order valence-corrected chi connectivity index (χ0v) is 13.9. The van der Waals surface area contributed by atoms with E-state index in [1.807, 2.05) is 55.5 Å². The van der Waals surface area contributed by atoms with Crippen LogP contribution in [0.4, 0.5) is 0 Å². The minimum atomic E-state index is -0.0935. The molecule has 0 saturated heterocycles. The average Bonchev–Trinajstić information content (AvgIpc) is 3.31. The van der Waals surface area contributed by atoms with Gasteiger partial charge in [0.2, 0.25) is 0 Å². The number of aromatic nitrogens is 6. The maximum Gasteiger partial charge on any atom is 0.252 e. The molecule has 0 amide bonds. The zero-order valence-electron chi connectivity index (χ0n) is 13.9. The van der Waals surface area contributed by atoms with Crippen molar-refractivity contribution < 1.29 is 0 Å². The summed E-state index contributed by atoms with van der Waals surface area (Å²) in [7, 11) is 0. The van der Waals surface area contributed by atoms with Crippen LogP contribution in [0.3, 0.4) is 0 Å². The van der Waals surface area contributed by atoms with Crippen LogP contribution in [0.25, 0.3) is 44.5 Å². The molecule has 0 unspecified atom stereocenters. The first kappa shape index (κ1) is 14.6. The normalized spacial score (nSPS) is 11.4. The number of aromatic amines is 3. The smallest absolute Gasteiger partial charge is 0.252 e. The van der Waals surface area contributed by atoms with Crippen molar-refractivity contribution in [3.8, 4) is 22.5 Å². The Bertz CT molecular complexity index is 1310.